The maximum atomic E-state index is 13.1. The molecule has 0 saturated carbocycles. The Kier molecular flexibility index (Phi) is 6.64. The number of halogens is 1. The Morgan fingerprint density at radius 2 is 1.67 bits per heavy atom. The van der Waals surface area contributed by atoms with E-state index >= 15 is 0 Å². The first kappa shape index (κ1) is 21.7. The number of benzene rings is 3. The monoisotopic (exact) mass is 426 g/mol. The lowest BCUT2D eigenvalue weighted by Crippen LogP contribution is -2.28. The van der Waals surface area contributed by atoms with E-state index in [2.05, 4.69) is 10.0 Å². The Hall–Kier alpha value is -3.03. The predicted octanol–water partition coefficient (Wildman–Crippen LogP) is 4.10. The average Bonchev–Trinajstić information content (AvgIpc) is 2.73. The third-order valence-corrected chi connectivity index (χ3v) is 6.19. The Morgan fingerprint density at radius 3 is 2.33 bits per heavy atom. The van der Waals surface area contributed by atoms with E-state index in [-0.39, 0.29) is 28.9 Å². The molecule has 0 heterocycles. The minimum Gasteiger partial charge on any atom is -0.346 e. The topological polar surface area (TPSA) is 75.3 Å². The van der Waals surface area contributed by atoms with Gasteiger partial charge in [0.25, 0.3) is 5.91 Å². The molecule has 5 nitrogen and oxygen atoms in total. The molecule has 0 aliphatic heterocycles. The maximum Gasteiger partial charge on any atom is 0.252 e. The normalized spacial score (nSPS) is 12.4. The van der Waals surface area contributed by atoms with Gasteiger partial charge >= 0.3 is 0 Å². The summed E-state index contributed by atoms with van der Waals surface area (Å²) in [6.07, 6.45) is 0. The van der Waals surface area contributed by atoms with E-state index in [1.54, 1.807) is 32.0 Å². The van der Waals surface area contributed by atoms with Crippen LogP contribution in [-0.2, 0) is 16.6 Å². The number of aryl methyl sites for hydroxylation is 1. The van der Waals surface area contributed by atoms with Crippen LogP contribution in [0.5, 0.6) is 0 Å². The van der Waals surface area contributed by atoms with Gasteiger partial charge in [-0.05, 0) is 54.8 Å². The Balaban J connectivity index is 1.76. The van der Waals surface area contributed by atoms with E-state index in [1.807, 2.05) is 30.3 Å². The van der Waals surface area contributed by atoms with Gasteiger partial charge < -0.3 is 5.32 Å². The number of sulfonamides is 1. The molecule has 0 aromatic heterocycles. The van der Waals surface area contributed by atoms with Gasteiger partial charge in [-0.25, -0.2) is 17.5 Å². The first-order valence-electron chi connectivity index (χ1n) is 9.47. The lowest BCUT2D eigenvalue weighted by Gasteiger charge is -2.16. The van der Waals surface area contributed by atoms with Gasteiger partial charge in [-0.1, -0.05) is 48.5 Å². The molecule has 0 fully saturated rings. The molecule has 156 valence electrons. The lowest BCUT2D eigenvalue weighted by atomic mass is 10.1. The van der Waals surface area contributed by atoms with Crippen molar-refractivity contribution in [2.45, 2.75) is 31.3 Å². The summed E-state index contributed by atoms with van der Waals surface area (Å²) in [5.74, 6) is -0.751. The molecule has 1 amide bonds. The van der Waals surface area contributed by atoms with Crippen LogP contribution in [-0.4, -0.2) is 14.3 Å². The summed E-state index contributed by atoms with van der Waals surface area (Å²) in [5, 5.41) is 2.83. The fraction of sp³-hybridized carbons (Fsp3) is 0.174. The molecule has 30 heavy (non-hydrogen) atoms. The standard InChI is InChI=1S/C23H23FN2O3S/c1-16-8-13-21(30(28,29)25-15-18-6-4-3-5-7-18)14-22(16)23(27)26-17(2)19-9-11-20(24)12-10-19/h3-14,17,25H,15H2,1-2H3,(H,26,27). The van der Waals surface area contributed by atoms with Crippen molar-refractivity contribution >= 4 is 15.9 Å². The van der Waals surface area contributed by atoms with E-state index in [1.165, 1.54) is 24.3 Å². The zero-order chi connectivity index (χ0) is 21.7. The number of hydrogen-bond donors (Lipinski definition) is 2. The number of hydrogen-bond acceptors (Lipinski definition) is 3. The van der Waals surface area contributed by atoms with Gasteiger partial charge in [0.1, 0.15) is 5.82 Å². The SMILES string of the molecule is Cc1ccc(S(=O)(=O)NCc2ccccc2)cc1C(=O)NC(C)c1ccc(F)cc1. The van der Waals surface area contributed by atoms with Crippen molar-refractivity contribution in [1.82, 2.24) is 10.0 Å². The molecule has 1 unspecified atom stereocenters. The van der Waals surface area contributed by atoms with Crippen molar-refractivity contribution in [2.24, 2.45) is 0 Å². The number of carbonyl (C=O) groups is 1. The van der Waals surface area contributed by atoms with E-state index in [4.69, 9.17) is 0 Å². The second-order valence-electron chi connectivity index (χ2n) is 7.03. The Morgan fingerprint density at radius 1 is 1.00 bits per heavy atom. The lowest BCUT2D eigenvalue weighted by molar-refractivity contribution is 0.0939. The van der Waals surface area contributed by atoms with Crippen molar-refractivity contribution in [3.63, 3.8) is 0 Å². The van der Waals surface area contributed by atoms with Gasteiger partial charge in [0.2, 0.25) is 10.0 Å². The number of amides is 1. The molecular formula is C23H23FN2O3S. The van der Waals surface area contributed by atoms with Gasteiger partial charge in [0.05, 0.1) is 10.9 Å². The largest absolute Gasteiger partial charge is 0.346 e. The van der Waals surface area contributed by atoms with Gasteiger partial charge in [0, 0.05) is 12.1 Å². The molecule has 3 aromatic carbocycles. The van der Waals surface area contributed by atoms with Crippen molar-refractivity contribution in [2.75, 3.05) is 0 Å². The van der Waals surface area contributed by atoms with Crippen LogP contribution in [0.25, 0.3) is 0 Å². The predicted molar refractivity (Wildman–Crippen MR) is 114 cm³/mol. The molecular weight excluding hydrogens is 403 g/mol. The van der Waals surface area contributed by atoms with Crippen LogP contribution in [0.2, 0.25) is 0 Å². The third-order valence-electron chi connectivity index (χ3n) is 4.79. The highest BCUT2D eigenvalue weighted by Gasteiger charge is 2.19. The van der Waals surface area contributed by atoms with Crippen molar-refractivity contribution < 1.29 is 17.6 Å². The molecule has 3 aromatic rings. The minimum absolute atomic E-state index is 0.0172. The molecule has 0 radical (unpaired) electrons. The number of carbonyl (C=O) groups excluding carboxylic acids is 1. The number of nitrogens with one attached hydrogen (secondary N) is 2. The molecule has 0 bridgehead atoms. The van der Waals surface area contributed by atoms with Crippen molar-refractivity contribution in [3.8, 4) is 0 Å². The minimum atomic E-state index is -3.79. The molecule has 0 saturated heterocycles. The molecule has 0 spiro atoms. The van der Waals surface area contributed by atoms with E-state index < -0.39 is 15.9 Å². The highest BCUT2D eigenvalue weighted by Crippen LogP contribution is 2.19. The highest BCUT2D eigenvalue weighted by molar-refractivity contribution is 7.89. The first-order valence-corrected chi connectivity index (χ1v) is 10.9. The molecule has 7 heteroatoms. The van der Waals surface area contributed by atoms with Crippen LogP contribution in [0.4, 0.5) is 4.39 Å². The second-order valence-corrected chi connectivity index (χ2v) is 8.80. The summed E-state index contributed by atoms with van der Waals surface area (Å²) >= 11 is 0. The zero-order valence-corrected chi connectivity index (χ0v) is 17.5. The molecule has 0 aliphatic carbocycles. The van der Waals surface area contributed by atoms with E-state index in [9.17, 15) is 17.6 Å². The van der Waals surface area contributed by atoms with Crippen LogP contribution in [0.3, 0.4) is 0 Å². The third kappa shape index (κ3) is 5.31. The average molecular weight is 427 g/mol. The first-order chi connectivity index (χ1) is 14.3. The number of rotatable bonds is 7. The fourth-order valence-corrected chi connectivity index (χ4v) is 4.02. The summed E-state index contributed by atoms with van der Waals surface area (Å²) in [4.78, 5) is 12.8. The summed E-state index contributed by atoms with van der Waals surface area (Å²) in [6.45, 7) is 3.67. The van der Waals surface area contributed by atoms with Crippen LogP contribution < -0.4 is 10.0 Å². The Labute approximate surface area is 176 Å². The van der Waals surface area contributed by atoms with Crippen LogP contribution >= 0.6 is 0 Å². The summed E-state index contributed by atoms with van der Waals surface area (Å²) < 4.78 is 41.0. The molecule has 0 aliphatic rings. The molecule has 3 rings (SSSR count). The zero-order valence-electron chi connectivity index (χ0n) is 16.7. The van der Waals surface area contributed by atoms with Crippen molar-refractivity contribution in [3.05, 3.63) is 101 Å². The van der Waals surface area contributed by atoms with Gasteiger partial charge in [-0.2, -0.15) is 0 Å². The second kappa shape index (κ2) is 9.19. The summed E-state index contributed by atoms with van der Waals surface area (Å²) in [5.41, 5.74) is 2.50. The Bertz CT molecular complexity index is 1130. The van der Waals surface area contributed by atoms with Gasteiger partial charge in [-0.3, -0.25) is 4.79 Å². The molecule has 1 atom stereocenters. The fourth-order valence-electron chi connectivity index (χ4n) is 2.98. The van der Waals surface area contributed by atoms with Crippen molar-refractivity contribution in [1.29, 1.82) is 0 Å². The van der Waals surface area contributed by atoms with Crippen LogP contribution in [0.15, 0.2) is 77.7 Å². The van der Waals surface area contributed by atoms with Gasteiger partial charge in [0.15, 0.2) is 0 Å². The maximum absolute atomic E-state index is 13.1. The van der Waals surface area contributed by atoms with Crippen LogP contribution in [0.1, 0.15) is 40.0 Å². The quantitative estimate of drug-likeness (QED) is 0.597. The van der Waals surface area contributed by atoms with E-state index in [0.717, 1.165) is 11.1 Å². The van der Waals surface area contributed by atoms with Gasteiger partial charge in [-0.15, -0.1) is 0 Å². The van der Waals surface area contributed by atoms with Crippen LogP contribution in [0, 0.1) is 12.7 Å². The smallest absolute Gasteiger partial charge is 0.252 e. The summed E-state index contributed by atoms with van der Waals surface area (Å²) in [7, 11) is -3.79. The molecule has 2 N–H and O–H groups in total. The van der Waals surface area contributed by atoms with E-state index in [0.29, 0.717) is 5.56 Å². The highest BCUT2D eigenvalue weighted by atomic mass is 32.2. The summed E-state index contributed by atoms with van der Waals surface area (Å²) in [6, 6.07) is 19.1.